The molecule has 6 heteroatoms. The zero-order valence-electron chi connectivity index (χ0n) is 18.0. The van der Waals surface area contributed by atoms with Gasteiger partial charge in [-0.1, -0.05) is 36.9 Å². The first-order valence-corrected chi connectivity index (χ1v) is 11.5. The molecule has 1 aliphatic rings. The zero-order chi connectivity index (χ0) is 21.6. The molecule has 31 heavy (non-hydrogen) atoms. The molecule has 0 radical (unpaired) electrons. The van der Waals surface area contributed by atoms with Crippen molar-refractivity contribution in [1.29, 1.82) is 0 Å². The molecule has 2 aromatic carbocycles. The van der Waals surface area contributed by atoms with Crippen molar-refractivity contribution in [3.8, 4) is 0 Å². The number of nitrogens with zero attached hydrogens (tertiary/aromatic N) is 3. The highest BCUT2D eigenvalue weighted by Crippen LogP contribution is 2.29. The highest BCUT2D eigenvalue weighted by Gasteiger charge is 2.18. The Labute approximate surface area is 188 Å². The number of carbonyl (C=O) groups excluding carboxylic acids is 1. The van der Waals surface area contributed by atoms with Gasteiger partial charge in [0.2, 0.25) is 0 Å². The van der Waals surface area contributed by atoms with Crippen molar-refractivity contribution in [1.82, 2.24) is 9.88 Å². The summed E-state index contributed by atoms with van der Waals surface area (Å²) in [6.07, 6.45) is 1.72. The number of anilines is 2. The van der Waals surface area contributed by atoms with Gasteiger partial charge in [0.25, 0.3) is 5.91 Å². The third kappa shape index (κ3) is 5.27. The smallest absolute Gasteiger partial charge is 0.258 e. The number of piperazine rings is 1. The SMILES string of the molecule is CCN1CCN(c2ccc(NC(=O)c3cccnc3Sc3ccccc3)cc2C)CC1. The quantitative estimate of drug-likeness (QED) is 0.598. The van der Waals surface area contributed by atoms with Crippen LogP contribution in [0.15, 0.2) is 76.8 Å². The summed E-state index contributed by atoms with van der Waals surface area (Å²) in [6.45, 7) is 9.69. The number of aromatic nitrogens is 1. The summed E-state index contributed by atoms with van der Waals surface area (Å²) in [7, 11) is 0. The number of benzene rings is 2. The Bertz CT molecular complexity index is 1030. The standard InChI is InChI=1S/C25H28N4OS/c1-3-28-14-16-29(17-15-28)23-12-11-20(18-19(23)2)27-24(30)22-10-7-13-26-25(22)31-21-8-5-4-6-9-21/h4-13,18H,3,14-17H2,1-2H3,(H,27,30). The van der Waals surface area contributed by atoms with Gasteiger partial charge in [-0.2, -0.15) is 0 Å². The Hall–Kier alpha value is -2.83. The Kier molecular flexibility index (Phi) is 6.89. The van der Waals surface area contributed by atoms with E-state index in [9.17, 15) is 4.79 Å². The molecule has 4 rings (SSSR count). The van der Waals surface area contributed by atoms with Gasteiger partial charge in [-0.15, -0.1) is 0 Å². The molecular formula is C25H28N4OS. The fourth-order valence-corrected chi connectivity index (χ4v) is 4.74. The van der Waals surface area contributed by atoms with E-state index in [1.807, 2.05) is 42.5 Å². The fraction of sp³-hybridized carbons (Fsp3) is 0.280. The molecule has 1 aromatic heterocycles. The van der Waals surface area contributed by atoms with Gasteiger partial charge in [-0.05, 0) is 61.5 Å². The number of nitrogens with one attached hydrogen (secondary N) is 1. The number of pyridine rings is 1. The number of amides is 1. The maximum Gasteiger partial charge on any atom is 0.258 e. The molecule has 1 saturated heterocycles. The predicted molar refractivity (Wildman–Crippen MR) is 128 cm³/mol. The second kappa shape index (κ2) is 9.98. The highest BCUT2D eigenvalue weighted by molar-refractivity contribution is 7.99. The van der Waals surface area contributed by atoms with Crippen molar-refractivity contribution in [2.45, 2.75) is 23.8 Å². The fourth-order valence-electron chi connectivity index (χ4n) is 3.84. The molecule has 0 aliphatic carbocycles. The van der Waals surface area contributed by atoms with E-state index in [1.165, 1.54) is 23.0 Å². The van der Waals surface area contributed by atoms with Crippen LogP contribution in [0.3, 0.4) is 0 Å². The lowest BCUT2D eigenvalue weighted by molar-refractivity contribution is 0.102. The first kappa shape index (κ1) is 21.4. The van der Waals surface area contributed by atoms with Gasteiger partial charge in [-0.3, -0.25) is 4.79 Å². The molecule has 1 fully saturated rings. The molecule has 1 amide bonds. The van der Waals surface area contributed by atoms with E-state index in [2.05, 4.69) is 46.1 Å². The van der Waals surface area contributed by atoms with Crippen LogP contribution < -0.4 is 10.2 Å². The second-order valence-electron chi connectivity index (χ2n) is 7.65. The molecule has 0 bridgehead atoms. The maximum absolute atomic E-state index is 13.0. The third-order valence-corrected chi connectivity index (χ3v) is 6.61. The van der Waals surface area contributed by atoms with Crippen LogP contribution in [-0.2, 0) is 0 Å². The lowest BCUT2D eigenvalue weighted by atomic mass is 10.1. The summed E-state index contributed by atoms with van der Waals surface area (Å²) in [6, 6.07) is 19.8. The van der Waals surface area contributed by atoms with Crippen molar-refractivity contribution in [3.63, 3.8) is 0 Å². The summed E-state index contributed by atoms with van der Waals surface area (Å²) in [5.41, 5.74) is 3.80. The molecule has 3 aromatic rings. The van der Waals surface area contributed by atoms with Gasteiger partial charge in [0.15, 0.2) is 0 Å². The maximum atomic E-state index is 13.0. The number of hydrogen-bond acceptors (Lipinski definition) is 5. The van der Waals surface area contributed by atoms with Crippen LogP contribution in [0, 0.1) is 6.92 Å². The van der Waals surface area contributed by atoms with Gasteiger partial charge in [-0.25, -0.2) is 4.98 Å². The molecule has 0 spiro atoms. The van der Waals surface area contributed by atoms with Crippen molar-refractivity contribution in [3.05, 3.63) is 78.0 Å². The summed E-state index contributed by atoms with van der Waals surface area (Å²) in [4.78, 5) is 23.4. The van der Waals surface area contributed by atoms with Crippen molar-refractivity contribution in [2.24, 2.45) is 0 Å². The molecule has 2 heterocycles. The number of aryl methyl sites for hydroxylation is 1. The Morgan fingerprint density at radius 3 is 2.52 bits per heavy atom. The van der Waals surface area contributed by atoms with Gasteiger partial charge in [0, 0.05) is 48.6 Å². The van der Waals surface area contributed by atoms with E-state index < -0.39 is 0 Å². The summed E-state index contributed by atoms with van der Waals surface area (Å²) < 4.78 is 0. The Morgan fingerprint density at radius 2 is 1.81 bits per heavy atom. The minimum Gasteiger partial charge on any atom is -0.369 e. The average molecular weight is 433 g/mol. The van der Waals surface area contributed by atoms with Gasteiger partial charge < -0.3 is 15.1 Å². The average Bonchev–Trinajstić information content (AvgIpc) is 2.80. The van der Waals surface area contributed by atoms with Gasteiger partial charge >= 0.3 is 0 Å². The topological polar surface area (TPSA) is 48.5 Å². The Morgan fingerprint density at radius 1 is 1.03 bits per heavy atom. The largest absolute Gasteiger partial charge is 0.369 e. The summed E-state index contributed by atoms with van der Waals surface area (Å²) in [5.74, 6) is -0.143. The molecule has 0 atom stereocenters. The van der Waals surface area contributed by atoms with E-state index in [0.717, 1.165) is 43.3 Å². The third-order valence-electron chi connectivity index (χ3n) is 5.59. The number of rotatable bonds is 6. The van der Waals surface area contributed by atoms with Crippen molar-refractivity contribution in [2.75, 3.05) is 42.9 Å². The van der Waals surface area contributed by atoms with Crippen LogP contribution in [0.25, 0.3) is 0 Å². The van der Waals surface area contributed by atoms with Crippen molar-refractivity contribution < 1.29 is 4.79 Å². The lowest BCUT2D eigenvalue weighted by Crippen LogP contribution is -2.46. The molecule has 160 valence electrons. The lowest BCUT2D eigenvalue weighted by Gasteiger charge is -2.36. The number of carbonyl (C=O) groups is 1. The van der Waals surface area contributed by atoms with Crippen LogP contribution in [0.2, 0.25) is 0 Å². The van der Waals surface area contributed by atoms with Crippen LogP contribution in [0.5, 0.6) is 0 Å². The first-order valence-electron chi connectivity index (χ1n) is 10.7. The molecular weight excluding hydrogens is 404 g/mol. The molecule has 0 unspecified atom stereocenters. The predicted octanol–water partition coefficient (Wildman–Crippen LogP) is 4.94. The van der Waals surface area contributed by atoms with E-state index in [4.69, 9.17) is 0 Å². The first-order chi connectivity index (χ1) is 15.1. The normalized spacial score (nSPS) is 14.5. The van der Waals surface area contributed by atoms with Crippen LogP contribution in [-0.4, -0.2) is 48.5 Å². The van der Waals surface area contributed by atoms with Crippen LogP contribution in [0.4, 0.5) is 11.4 Å². The minimum absolute atomic E-state index is 0.143. The van der Waals surface area contributed by atoms with Gasteiger partial charge in [0.1, 0.15) is 5.03 Å². The molecule has 1 aliphatic heterocycles. The summed E-state index contributed by atoms with van der Waals surface area (Å²) >= 11 is 1.50. The zero-order valence-corrected chi connectivity index (χ0v) is 18.9. The number of likely N-dealkylation sites (N-methyl/N-ethyl adjacent to an activating group) is 1. The van der Waals surface area contributed by atoms with Gasteiger partial charge in [0.05, 0.1) is 5.56 Å². The second-order valence-corrected chi connectivity index (χ2v) is 8.71. The minimum atomic E-state index is -0.143. The van der Waals surface area contributed by atoms with E-state index in [1.54, 1.807) is 12.3 Å². The Balaban J connectivity index is 1.46. The molecule has 1 N–H and O–H groups in total. The number of hydrogen-bond donors (Lipinski definition) is 1. The van der Waals surface area contributed by atoms with E-state index in [0.29, 0.717) is 10.6 Å². The van der Waals surface area contributed by atoms with Crippen LogP contribution in [0.1, 0.15) is 22.8 Å². The monoisotopic (exact) mass is 432 g/mol. The molecule has 0 saturated carbocycles. The van der Waals surface area contributed by atoms with Crippen molar-refractivity contribution >= 4 is 29.0 Å². The highest BCUT2D eigenvalue weighted by atomic mass is 32.2. The van der Waals surface area contributed by atoms with E-state index in [-0.39, 0.29) is 5.91 Å². The van der Waals surface area contributed by atoms with Crippen LogP contribution >= 0.6 is 11.8 Å². The molecule has 5 nitrogen and oxygen atoms in total. The van der Waals surface area contributed by atoms with E-state index >= 15 is 0 Å². The summed E-state index contributed by atoms with van der Waals surface area (Å²) in [5, 5.41) is 3.75.